The van der Waals surface area contributed by atoms with Crippen molar-refractivity contribution in [3.05, 3.63) is 41.9 Å². The first kappa shape index (κ1) is 15.0. The van der Waals surface area contributed by atoms with E-state index in [1.165, 1.54) is 6.07 Å². The van der Waals surface area contributed by atoms with E-state index in [1.807, 2.05) is 6.92 Å². The number of hydrogen-bond donors (Lipinski definition) is 3. The molecule has 0 fully saturated rings. The second kappa shape index (κ2) is 7.37. The summed E-state index contributed by atoms with van der Waals surface area (Å²) in [6.07, 6.45) is 5.90. The van der Waals surface area contributed by atoms with Gasteiger partial charge in [0.2, 0.25) is 0 Å². The molecular weight excluding hydrogens is 273 g/mol. The first-order chi connectivity index (χ1) is 10.2. The molecule has 0 aliphatic heterocycles. The van der Waals surface area contributed by atoms with Crippen molar-refractivity contribution in [2.45, 2.75) is 19.8 Å². The molecular formula is C14H18FN5O. The van der Waals surface area contributed by atoms with Crippen LogP contribution < -0.4 is 10.6 Å². The van der Waals surface area contributed by atoms with Crippen LogP contribution in [-0.4, -0.2) is 33.9 Å². The van der Waals surface area contributed by atoms with E-state index in [-0.39, 0.29) is 11.5 Å². The molecule has 1 amide bonds. The monoisotopic (exact) mass is 291 g/mol. The van der Waals surface area contributed by atoms with E-state index in [1.54, 1.807) is 12.5 Å². The van der Waals surface area contributed by atoms with Gasteiger partial charge in [0.25, 0.3) is 5.91 Å². The molecule has 6 nitrogen and oxygen atoms in total. The maximum atomic E-state index is 13.3. The number of aromatic nitrogens is 3. The zero-order valence-electron chi connectivity index (χ0n) is 11.8. The molecule has 112 valence electrons. The summed E-state index contributed by atoms with van der Waals surface area (Å²) in [4.78, 5) is 22.9. The molecule has 2 heterocycles. The van der Waals surface area contributed by atoms with Crippen LogP contribution in [0.5, 0.6) is 0 Å². The number of rotatable bonds is 7. The Balaban J connectivity index is 1.98. The first-order valence-corrected chi connectivity index (χ1v) is 6.85. The number of carbonyl (C=O) groups excluding carboxylic acids is 1. The van der Waals surface area contributed by atoms with Gasteiger partial charge in [0, 0.05) is 31.4 Å². The number of hydrogen-bond acceptors (Lipinski definition) is 4. The minimum Gasteiger partial charge on any atom is -0.369 e. The van der Waals surface area contributed by atoms with Gasteiger partial charge in [-0.2, -0.15) is 0 Å². The summed E-state index contributed by atoms with van der Waals surface area (Å²) in [5.74, 6) is -0.479. The predicted molar refractivity (Wildman–Crippen MR) is 77.6 cm³/mol. The molecule has 0 aromatic carbocycles. The number of anilines is 1. The molecule has 3 N–H and O–H groups in total. The van der Waals surface area contributed by atoms with Crippen LogP contribution in [0.15, 0.2) is 24.8 Å². The van der Waals surface area contributed by atoms with Crippen LogP contribution in [0, 0.1) is 5.82 Å². The van der Waals surface area contributed by atoms with E-state index in [9.17, 15) is 9.18 Å². The minimum absolute atomic E-state index is 0.216. The highest BCUT2D eigenvalue weighted by Crippen LogP contribution is 2.13. The van der Waals surface area contributed by atoms with Crippen molar-refractivity contribution >= 4 is 11.7 Å². The molecule has 0 bridgehead atoms. The molecule has 0 saturated carbocycles. The van der Waals surface area contributed by atoms with Crippen LogP contribution in [-0.2, 0) is 6.42 Å². The van der Waals surface area contributed by atoms with Gasteiger partial charge in [-0.25, -0.2) is 14.4 Å². The van der Waals surface area contributed by atoms with Crippen molar-refractivity contribution in [1.29, 1.82) is 0 Å². The Kier molecular flexibility index (Phi) is 5.25. The second-order valence-corrected chi connectivity index (χ2v) is 4.56. The van der Waals surface area contributed by atoms with Crippen LogP contribution in [0.4, 0.5) is 10.2 Å². The fourth-order valence-corrected chi connectivity index (χ4v) is 1.82. The molecule has 2 aromatic rings. The summed E-state index contributed by atoms with van der Waals surface area (Å²) in [5, 5.41) is 5.77. The molecule has 0 saturated heterocycles. The lowest BCUT2D eigenvalue weighted by atomic mass is 10.2. The van der Waals surface area contributed by atoms with E-state index in [4.69, 9.17) is 0 Å². The normalized spacial score (nSPS) is 10.4. The van der Waals surface area contributed by atoms with Crippen molar-refractivity contribution in [2.75, 3.05) is 18.4 Å². The van der Waals surface area contributed by atoms with Crippen LogP contribution in [0.1, 0.15) is 29.4 Å². The summed E-state index contributed by atoms with van der Waals surface area (Å²) in [6, 6.07) is 1.19. The Morgan fingerprint density at radius 2 is 2.24 bits per heavy atom. The molecule has 7 heteroatoms. The van der Waals surface area contributed by atoms with Crippen LogP contribution in [0.25, 0.3) is 0 Å². The van der Waals surface area contributed by atoms with Crippen LogP contribution in [0.2, 0.25) is 0 Å². The van der Waals surface area contributed by atoms with Gasteiger partial charge in [-0.15, -0.1) is 0 Å². The number of nitrogens with one attached hydrogen (secondary N) is 3. The van der Waals surface area contributed by atoms with E-state index >= 15 is 0 Å². The van der Waals surface area contributed by atoms with Crippen molar-refractivity contribution < 1.29 is 9.18 Å². The number of carbonyl (C=O) groups is 1. The Hall–Kier alpha value is -2.44. The third-order valence-electron chi connectivity index (χ3n) is 2.88. The summed E-state index contributed by atoms with van der Waals surface area (Å²) in [6.45, 7) is 3.11. The summed E-state index contributed by atoms with van der Waals surface area (Å²) < 4.78 is 13.3. The van der Waals surface area contributed by atoms with Crippen molar-refractivity contribution in [2.24, 2.45) is 0 Å². The van der Waals surface area contributed by atoms with Gasteiger partial charge >= 0.3 is 0 Å². The Labute approximate surface area is 122 Å². The van der Waals surface area contributed by atoms with Gasteiger partial charge in [-0.05, 0) is 12.5 Å². The summed E-state index contributed by atoms with van der Waals surface area (Å²) >= 11 is 0. The third kappa shape index (κ3) is 4.27. The van der Waals surface area contributed by atoms with Crippen molar-refractivity contribution in [3.8, 4) is 0 Å². The Morgan fingerprint density at radius 3 is 2.95 bits per heavy atom. The lowest BCUT2D eigenvalue weighted by Gasteiger charge is -2.10. The quantitative estimate of drug-likeness (QED) is 0.725. The number of amides is 1. The number of H-pyrrole nitrogens is 1. The van der Waals surface area contributed by atoms with E-state index < -0.39 is 5.82 Å². The SMILES string of the molecule is CCCNc1ncc(F)cc1C(=O)NCCc1cnc[nH]1. The highest BCUT2D eigenvalue weighted by molar-refractivity contribution is 5.98. The molecule has 2 rings (SSSR count). The van der Waals surface area contributed by atoms with E-state index in [2.05, 4.69) is 25.6 Å². The second-order valence-electron chi connectivity index (χ2n) is 4.56. The Morgan fingerprint density at radius 1 is 1.38 bits per heavy atom. The van der Waals surface area contributed by atoms with Gasteiger partial charge in [-0.1, -0.05) is 6.92 Å². The van der Waals surface area contributed by atoms with Crippen molar-refractivity contribution in [1.82, 2.24) is 20.3 Å². The van der Waals surface area contributed by atoms with E-state index in [0.29, 0.717) is 25.3 Å². The molecule has 21 heavy (non-hydrogen) atoms. The minimum atomic E-state index is -0.532. The molecule has 0 unspecified atom stereocenters. The maximum absolute atomic E-state index is 13.3. The zero-order valence-corrected chi connectivity index (χ0v) is 11.8. The summed E-state index contributed by atoms with van der Waals surface area (Å²) in [5.41, 5.74) is 1.14. The zero-order chi connectivity index (χ0) is 15.1. The molecule has 0 spiro atoms. The van der Waals surface area contributed by atoms with Gasteiger partial charge in [0.1, 0.15) is 11.6 Å². The molecule has 0 aliphatic rings. The van der Waals surface area contributed by atoms with Gasteiger partial charge < -0.3 is 15.6 Å². The number of nitrogens with zero attached hydrogens (tertiary/aromatic N) is 2. The largest absolute Gasteiger partial charge is 0.369 e. The molecule has 0 atom stereocenters. The maximum Gasteiger partial charge on any atom is 0.255 e. The van der Waals surface area contributed by atoms with Crippen molar-refractivity contribution in [3.63, 3.8) is 0 Å². The average molecular weight is 291 g/mol. The Bertz CT molecular complexity index is 585. The lowest BCUT2D eigenvalue weighted by molar-refractivity contribution is 0.0954. The highest BCUT2D eigenvalue weighted by atomic mass is 19.1. The molecule has 2 aromatic heterocycles. The van der Waals surface area contributed by atoms with E-state index in [0.717, 1.165) is 18.3 Å². The smallest absolute Gasteiger partial charge is 0.255 e. The lowest BCUT2D eigenvalue weighted by Crippen LogP contribution is -2.27. The third-order valence-corrected chi connectivity index (χ3v) is 2.88. The van der Waals surface area contributed by atoms with Crippen LogP contribution in [0.3, 0.4) is 0 Å². The number of imidazole rings is 1. The van der Waals surface area contributed by atoms with Gasteiger partial charge in [0.05, 0.1) is 18.1 Å². The fourth-order valence-electron chi connectivity index (χ4n) is 1.82. The average Bonchev–Trinajstić information content (AvgIpc) is 2.99. The van der Waals surface area contributed by atoms with Gasteiger partial charge in [0.15, 0.2) is 0 Å². The number of halogens is 1. The highest BCUT2D eigenvalue weighted by Gasteiger charge is 2.13. The number of pyridine rings is 1. The molecule has 0 radical (unpaired) electrons. The first-order valence-electron chi connectivity index (χ1n) is 6.85. The standard InChI is InChI=1S/C14H18FN5O/c1-2-4-17-13-12(6-10(15)7-19-13)14(21)18-5-3-11-8-16-9-20-11/h6-9H,2-5H2,1H3,(H,16,20)(H,17,19)(H,18,21). The fraction of sp³-hybridized carbons (Fsp3) is 0.357. The number of aromatic amines is 1. The predicted octanol–water partition coefficient (Wildman–Crippen LogP) is 1.74. The topological polar surface area (TPSA) is 82.7 Å². The molecule has 0 aliphatic carbocycles. The van der Waals surface area contributed by atoms with Crippen LogP contribution >= 0.6 is 0 Å². The van der Waals surface area contributed by atoms with Gasteiger partial charge in [-0.3, -0.25) is 4.79 Å². The summed E-state index contributed by atoms with van der Waals surface area (Å²) in [7, 11) is 0.